The molecule has 1 aliphatic carbocycles. The molecule has 0 bridgehead atoms. The number of aryl methyl sites for hydroxylation is 2. The lowest BCUT2D eigenvalue weighted by atomic mass is 10.2. The zero-order valence-corrected chi connectivity index (χ0v) is 12.3. The maximum absolute atomic E-state index is 4.49. The Bertz CT molecular complexity index is 583. The summed E-state index contributed by atoms with van der Waals surface area (Å²) < 4.78 is 1.89. The first-order valence-corrected chi connectivity index (χ1v) is 7.54. The van der Waals surface area contributed by atoms with Crippen LogP contribution < -0.4 is 10.6 Å². The lowest BCUT2D eigenvalue weighted by molar-refractivity contribution is 0.535. The van der Waals surface area contributed by atoms with Crippen molar-refractivity contribution in [2.24, 2.45) is 0 Å². The van der Waals surface area contributed by atoms with E-state index in [9.17, 15) is 0 Å². The fourth-order valence-corrected chi connectivity index (χ4v) is 2.94. The van der Waals surface area contributed by atoms with E-state index in [0.29, 0.717) is 0 Å². The van der Waals surface area contributed by atoms with Crippen LogP contribution in [-0.2, 0) is 0 Å². The predicted molar refractivity (Wildman–Crippen MR) is 81.2 cm³/mol. The molecular weight excluding hydrogens is 250 g/mol. The van der Waals surface area contributed by atoms with Gasteiger partial charge in [0.15, 0.2) is 5.65 Å². The average molecular weight is 273 g/mol. The molecular formula is C15H23N5. The van der Waals surface area contributed by atoms with Gasteiger partial charge >= 0.3 is 0 Å². The highest BCUT2D eigenvalue weighted by atomic mass is 15.3. The van der Waals surface area contributed by atoms with Gasteiger partial charge in [-0.2, -0.15) is 9.61 Å². The third-order valence-electron chi connectivity index (χ3n) is 3.90. The summed E-state index contributed by atoms with van der Waals surface area (Å²) in [6.07, 6.45) is 5.41. The minimum absolute atomic E-state index is 0.725. The van der Waals surface area contributed by atoms with E-state index < -0.39 is 0 Å². The van der Waals surface area contributed by atoms with E-state index in [1.807, 2.05) is 24.4 Å². The van der Waals surface area contributed by atoms with E-state index in [4.69, 9.17) is 0 Å². The molecule has 1 fully saturated rings. The zero-order chi connectivity index (χ0) is 13.9. The monoisotopic (exact) mass is 273 g/mol. The van der Waals surface area contributed by atoms with Crippen LogP contribution in [0, 0.1) is 13.8 Å². The fourth-order valence-electron chi connectivity index (χ4n) is 2.94. The molecule has 5 nitrogen and oxygen atoms in total. The summed E-state index contributed by atoms with van der Waals surface area (Å²) >= 11 is 0. The van der Waals surface area contributed by atoms with E-state index >= 15 is 0 Å². The van der Waals surface area contributed by atoms with E-state index in [-0.39, 0.29) is 0 Å². The van der Waals surface area contributed by atoms with Crippen molar-refractivity contribution in [3.63, 3.8) is 0 Å². The summed E-state index contributed by atoms with van der Waals surface area (Å²) in [5.41, 5.74) is 2.92. The van der Waals surface area contributed by atoms with Crippen LogP contribution in [0.25, 0.3) is 5.65 Å². The maximum atomic E-state index is 4.49. The molecule has 0 radical (unpaired) electrons. The predicted octanol–water partition coefficient (Wildman–Crippen LogP) is 2.29. The molecule has 2 heterocycles. The topological polar surface area (TPSA) is 54.2 Å². The number of hydrogen-bond acceptors (Lipinski definition) is 4. The molecule has 0 saturated heterocycles. The zero-order valence-electron chi connectivity index (χ0n) is 12.3. The highest BCUT2D eigenvalue weighted by molar-refractivity contribution is 5.50. The highest BCUT2D eigenvalue weighted by Crippen LogP contribution is 2.17. The first kappa shape index (κ1) is 13.4. The van der Waals surface area contributed by atoms with Crippen LogP contribution in [0.4, 0.5) is 5.82 Å². The van der Waals surface area contributed by atoms with Gasteiger partial charge in [-0.15, -0.1) is 0 Å². The molecule has 0 amide bonds. The Morgan fingerprint density at radius 3 is 2.75 bits per heavy atom. The SMILES string of the molecule is Cc1cc(NCCNC2CCCC2)n2nc(C)cc2n1. The van der Waals surface area contributed by atoms with Gasteiger partial charge < -0.3 is 10.6 Å². The maximum Gasteiger partial charge on any atom is 0.157 e. The summed E-state index contributed by atoms with van der Waals surface area (Å²) in [7, 11) is 0. The molecule has 5 heteroatoms. The van der Waals surface area contributed by atoms with Gasteiger partial charge in [-0.3, -0.25) is 0 Å². The molecule has 20 heavy (non-hydrogen) atoms. The van der Waals surface area contributed by atoms with Gasteiger partial charge in [-0.1, -0.05) is 12.8 Å². The van der Waals surface area contributed by atoms with Crippen molar-refractivity contribution in [1.29, 1.82) is 0 Å². The minimum atomic E-state index is 0.725. The van der Waals surface area contributed by atoms with Gasteiger partial charge in [-0.25, -0.2) is 4.98 Å². The smallest absolute Gasteiger partial charge is 0.157 e. The first-order valence-electron chi connectivity index (χ1n) is 7.54. The number of fused-ring (bicyclic) bond motifs is 1. The summed E-state index contributed by atoms with van der Waals surface area (Å²) in [5.74, 6) is 1.02. The minimum Gasteiger partial charge on any atom is -0.369 e. The van der Waals surface area contributed by atoms with Gasteiger partial charge in [0.2, 0.25) is 0 Å². The van der Waals surface area contributed by atoms with Crippen LogP contribution >= 0.6 is 0 Å². The lowest BCUT2D eigenvalue weighted by Crippen LogP contribution is -2.31. The largest absolute Gasteiger partial charge is 0.369 e. The Morgan fingerprint density at radius 1 is 1.15 bits per heavy atom. The van der Waals surface area contributed by atoms with E-state index in [0.717, 1.165) is 42.0 Å². The van der Waals surface area contributed by atoms with Crippen molar-refractivity contribution in [3.05, 3.63) is 23.5 Å². The molecule has 0 atom stereocenters. The highest BCUT2D eigenvalue weighted by Gasteiger charge is 2.13. The molecule has 3 rings (SSSR count). The van der Waals surface area contributed by atoms with Crippen LogP contribution in [0.1, 0.15) is 37.1 Å². The van der Waals surface area contributed by atoms with Crippen LogP contribution in [-0.4, -0.2) is 33.7 Å². The second kappa shape index (κ2) is 5.79. The number of aromatic nitrogens is 3. The molecule has 1 saturated carbocycles. The normalized spacial score (nSPS) is 16.1. The Balaban J connectivity index is 1.61. The fraction of sp³-hybridized carbons (Fsp3) is 0.600. The molecule has 2 N–H and O–H groups in total. The third kappa shape index (κ3) is 2.93. The summed E-state index contributed by atoms with van der Waals surface area (Å²) in [4.78, 5) is 4.49. The number of nitrogens with one attached hydrogen (secondary N) is 2. The average Bonchev–Trinajstić information content (AvgIpc) is 3.02. The number of nitrogens with zero attached hydrogens (tertiary/aromatic N) is 3. The lowest BCUT2D eigenvalue weighted by Gasteiger charge is -2.13. The molecule has 0 spiro atoms. The molecule has 0 aromatic carbocycles. The van der Waals surface area contributed by atoms with E-state index in [1.54, 1.807) is 0 Å². The second-order valence-electron chi connectivity index (χ2n) is 5.70. The summed E-state index contributed by atoms with van der Waals surface area (Å²) in [5, 5.41) is 11.6. The second-order valence-corrected chi connectivity index (χ2v) is 5.70. The molecule has 0 aliphatic heterocycles. The summed E-state index contributed by atoms with van der Waals surface area (Å²) in [6, 6.07) is 4.78. The molecule has 1 aliphatic rings. The number of hydrogen-bond donors (Lipinski definition) is 2. The Hall–Kier alpha value is -1.62. The van der Waals surface area contributed by atoms with Crippen molar-refractivity contribution < 1.29 is 0 Å². The molecule has 0 unspecified atom stereocenters. The van der Waals surface area contributed by atoms with Crippen molar-refractivity contribution in [2.45, 2.75) is 45.6 Å². The van der Waals surface area contributed by atoms with Crippen molar-refractivity contribution in [1.82, 2.24) is 19.9 Å². The Morgan fingerprint density at radius 2 is 1.95 bits per heavy atom. The number of anilines is 1. The van der Waals surface area contributed by atoms with Crippen LogP contribution in [0.5, 0.6) is 0 Å². The molecule has 108 valence electrons. The first-order chi connectivity index (χ1) is 9.72. The van der Waals surface area contributed by atoms with E-state index in [1.165, 1.54) is 25.7 Å². The Labute approximate surface area is 119 Å². The number of rotatable bonds is 5. The van der Waals surface area contributed by atoms with Gasteiger partial charge in [0.25, 0.3) is 0 Å². The Kier molecular flexibility index (Phi) is 3.87. The van der Waals surface area contributed by atoms with Crippen LogP contribution in [0.2, 0.25) is 0 Å². The summed E-state index contributed by atoms with van der Waals surface area (Å²) in [6.45, 7) is 5.92. The standard InChI is InChI=1S/C15H23N5/c1-11-9-14(20-15(18-11)10-12(2)19-20)17-8-7-16-13-5-3-4-6-13/h9-10,13,16-17H,3-8H2,1-2H3. The van der Waals surface area contributed by atoms with Crippen molar-refractivity contribution in [2.75, 3.05) is 18.4 Å². The van der Waals surface area contributed by atoms with E-state index in [2.05, 4.69) is 26.8 Å². The molecule has 2 aromatic rings. The van der Waals surface area contributed by atoms with Crippen LogP contribution in [0.3, 0.4) is 0 Å². The van der Waals surface area contributed by atoms with Crippen LogP contribution in [0.15, 0.2) is 12.1 Å². The third-order valence-corrected chi connectivity index (χ3v) is 3.90. The quantitative estimate of drug-likeness (QED) is 0.821. The van der Waals surface area contributed by atoms with Crippen molar-refractivity contribution in [3.8, 4) is 0 Å². The molecule has 2 aromatic heterocycles. The van der Waals surface area contributed by atoms with Gasteiger partial charge in [0, 0.05) is 37.0 Å². The van der Waals surface area contributed by atoms with Gasteiger partial charge in [0.05, 0.1) is 5.69 Å². The van der Waals surface area contributed by atoms with Gasteiger partial charge in [-0.05, 0) is 26.7 Å². The van der Waals surface area contributed by atoms with Gasteiger partial charge in [0.1, 0.15) is 5.82 Å². The van der Waals surface area contributed by atoms with Crippen molar-refractivity contribution >= 4 is 11.5 Å².